The van der Waals surface area contributed by atoms with Gasteiger partial charge in [-0.3, -0.25) is 9.59 Å². The Morgan fingerprint density at radius 1 is 1.03 bits per heavy atom. The van der Waals surface area contributed by atoms with Crippen LogP contribution < -0.4 is 4.90 Å². The molecule has 2 fully saturated rings. The molecule has 2 aliphatic heterocycles. The van der Waals surface area contributed by atoms with Crippen molar-refractivity contribution in [2.24, 2.45) is 5.92 Å². The van der Waals surface area contributed by atoms with Crippen molar-refractivity contribution in [1.82, 2.24) is 9.80 Å². The van der Waals surface area contributed by atoms with E-state index in [-0.39, 0.29) is 18.2 Å². The maximum absolute atomic E-state index is 13.0. The summed E-state index contributed by atoms with van der Waals surface area (Å²) >= 11 is 6.19. The Balaban J connectivity index is 1.34. The monoisotopic (exact) mass is 465 g/mol. The summed E-state index contributed by atoms with van der Waals surface area (Å²) in [6, 6.07) is 12.5. The molecule has 0 spiro atoms. The van der Waals surface area contributed by atoms with Gasteiger partial charge < -0.3 is 14.7 Å². The molecule has 32 heavy (non-hydrogen) atoms. The van der Waals surface area contributed by atoms with E-state index in [0.717, 1.165) is 17.7 Å². The number of rotatable bonds is 4. The predicted molar refractivity (Wildman–Crippen MR) is 115 cm³/mol. The minimum absolute atomic E-state index is 0.0779. The van der Waals surface area contributed by atoms with Gasteiger partial charge >= 0.3 is 6.18 Å². The van der Waals surface area contributed by atoms with Crippen LogP contribution in [0, 0.1) is 5.92 Å². The number of piperazine rings is 1. The molecule has 2 amide bonds. The molecule has 2 aromatic carbocycles. The van der Waals surface area contributed by atoms with Gasteiger partial charge in [0.2, 0.25) is 11.8 Å². The molecule has 2 aliphatic rings. The SMILES string of the molecule is O=C1C[C@@H](C(=O)N2CCN(c3cccc(C(F)(F)F)c3)CC2)CN1Cc1ccccc1Cl. The average Bonchev–Trinajstić information content (AvgIpc) is 3.14. The molecule has 5 nitrogen and oxygen atoms in total. The van der Waals surface area contributed by atoms with Crippen LogP contribution in [0.1, 0.15) is 17.5 Å². The summed E-state index contributed by atoms with van der Waals surface area (Å²) in [6.45, 7) is 2.41. The molecule has 9 heteroatoms. The Morgan fingerprint density at radius 2 is 1.75 bits per heavy atom. The number of halogens is 4. The van der Waals surface area contributed by atoms with Gasteiger partial charge in [-0.1, -0.05) is 35.9 Å². The molecule has 0 N–H and O–H groups in total. The lowest BCUT2D eigenvalue weighted by molar-refractivity contribution is -0.137. The highest BCUT2D eigenvalue weighted by Gasteiger charge is 2.37. The van der Waals surface area contributed by atoms with Crippen molar-refractivity contribution in [3.63, 3.8) is 0 Å². The topological polar surface area (TPSA) is 43.9 Å². The van der Waals surface area contributed by atoms with E-state index in [2.05, 4.69) is 0 Å². The maximum atomic E-state index is 13.0. The lowest BCUT2D eigenvalue weighted by Crippen LogP contribution is -2.50. The summed E-state index contributed by atoms with van der Waals surface area (Å²) in [7, 11) is 0. The van der Waals surface area contributed by atoms with Gasteiger partial charge in [-0.2, -0.15) is 13.2 Å². The maximum Gasteiger partial charge on any atom is 0.416 e. The number of likely N-dealkylation sites (tertiary alicyclic amines) is 1. The smallest absolute Gasteiger partial charge is 0.368 e. The third-order valence-electron chi connectivity index (χ3n) is 6.01. The first kappa shape index (κ1) is 22.5. The van der Waals surface area contributed by atoms with Gasteiger partial charge in [0.1, 0.15) is 0 Å². The second-order valence-electron chi connectivity index (χ2n) is 8.13. The molecule has 0 radical (unpaired) electrons. The first-order chi connectivity index (χ1) is 15.2. The molecule has 2 saturated heterocycles. The van der Waals surface area contributed by atoms with Gasteiger partial charge in [-0.05, 0) is 29.8 Å². The lowest BCUT2D eigenvalue weighted by Gasteiger charge is -2.37. The molecule has 0 bridgehead atoms. The van der Waals surface area contributed by atoms with Gasteiger partial charge in [0.25, 0.3) is 0 Å². The number of hydrogen-bond acceptors (Lipinski definition) is 3. The molecule has 170 valence electrons. The Morgan fingerprint density at radius 3 is 2.44 bits per heavy atom. The molecule has 0 aromatic heterocycles. The van der Waals surface area contributed by atoms with Gasteiger partial charge in [0.15, 0.2) is 0 Å². The van der Waals surface area contributed by atoms with Crippen LogP contribution in [0.2, 0.25) is 5.02 Å². The van der Waals surface area contributed by atoms with Crippen molar-refractivity contribution in [3.8, 4) is 0 Å². The van der Waals surface area contributed by atoms with Crippen LogP contribution >= 0.6 is 11.6 Å². The fourth-order valence-electron chi connectivity index (χ4n) is 4.24. The lowest BCUT2D eigenvalue weighted by atomic mass is 10.1. The molecule has 2 aromatic rings. The highest BCUT2D eigenvalue weighted by molar-refractivity contribution is 6.31. The second-order valence-corrected chi connectivity index (χ2v) is 8.53. The molecular weight excluding hydrogens is 443 g/mol. The van der Waals surface area contributed by atoms with E-state index in [0.29, 0.717) is 50.0 Å². The number of amides is 2. The first-order valence-electron chi connectivity index (χ1n) is 10.4. The van der Waals surface area contributed by atoms with Crippen molar-refractivity contribution in [2.75, 3.05) is 37.6 Å². The molecule has 1 atom stereocenters. The summed E-state index contributed by atoms with van der Waals surface area (Å²) < 4.78 is 39.0. The van der Waals surface area contributed by atoms with E-state index in [4.69, 9.17) is 11.6 Å². The largest absolute Gasteiger partial charge is 0.416 e. The first-order valence-corrected chi connectivity index (χ1v) is 10.8. The van der Waals surface area contributed by atoms with Gasteiger partial charge in [-0.25, -0.2) is 0 Å². The van der Waals surface area contributed by atoms with Gasteiger partial charge in [0.05, 0.1) is 11.5 Å². The Labute approximate surface area is 189 Å². The normalized spacial score (nSPS) is 19.6. The summed E-state index contributed by atoms with van der Waals surface area (Å²) in [6.07, 6.45) is -4.23. The predicted octanol–water partition coefficient (Wildman–Crippen LogP) is 4.06. The second kappa shape index (κ2) is 9.02. The standard InChI is InChI=1S/C23H23ClF3N3O2/c24-20-7-2-1-4-16(20)14-30-15-17(12-21(30)31)22(32)29-10-8-28(9-11-29)19-6-3-5-18(13-19)23(25,26)27/h1-7,13,17H,8-12,14-15H2/t17-/m1/s1. The van der Waals surface area contributed by atoms with E-state index < -0.39 is 17.7 Å². The number of alkyl halides is 3. The van der Waals surface area contributed by atoms with E-state index >= 15 is 0 Å². The summed E-state index contributed by atoms with van der Waals surface area (Å²) in [5.74, 6) is -0.570. The van der Waals surface area contributed by atoms with Crippen LogP contribution in [0.15, 0.2) is 48.5 Å². The molecule has 0 unspecified atom stereocenters. The van der Waals surface area contributed by atoms with Crippen molar-refractivity contribution < 1.29 is 22.8 Å². The van der Waals surface area contributed by atoms with Crippen LogP contribution in [-0.4, -0.2) is 54.3 Å². The minimum Gasteiger partial charge on any atom is -0.368 e. The Kier molecular flexibility index (Phi) is 6.33. The van der Waals surface area contributed by atoms with E-state index in [9.17, 15) is 22.8 Å². The van der Waals surface area contributed by atoms with Crippen LogP contribution in [0.25, 0.3) is 0 Å². The number of hydrogen-bond donors (Lipinski definition) is 0. The van der Waals surface area contributed by atoms with Crippen LogP contribution in [0.3, 0.4) is 0 Å². The fraction of sp³-hybridized carbons (Fsp3) is 0.391. The molecule has 4 rings (SSSR count). The van der Waals surface area contributed by atoms with Gasteiger partial charge in [-0.15, -0.1) is 0 Å². The number of anilines is 1. The summed E-state index contributed by atoms with van der Waals surface area (Å²) in [4.78, 5) is 30.7. The highest BCUT2D eigenvalue weighted by Crippen LogP contribution is 2.32. The van der Waals surface area contributed by atoms with Crippen LogP contribution in [0.5, 0.6) is 0 Å². The zero-order valence-corrected chi connectivity index (χ0v) is 18.1. The van der Waals surface area contributed by atoms with Crippen LogP contribution in [-0.2, 0) is 22.3 Å². The fourth-order valence-corrected chi connectivity index (χ4v) is 4.44. The molecule has 0 aliphatic carbocycles. The van der Waals surface area contributed by atoms with Gasteiger partial charge in [0, 0.05) is 56.4 Å². The third kappa shape index (κ3) is 4.85. The van der Waals surface area contributed by atoms with E-state index in [1.165, 1.54) is 6.07 Å². The summed E-state index contributed by atoms with van der Waals surface area (Å²) in [5, 5.41) is 0.584. The molecule has 0 saturated carbocycles. The Bertz CT molecular complexity index is 1010. The quantitative estimate of drug-likeness (QED) is 0.684. The third-order valence-corrected chi connectivity index (χ3v) is 6.38. The van der Waals surface area contributed by atoms with E-state index in [1.807, 2.05) is 23.1 Å². The number of carbonyl (C=O) groups excluding carboxylic acids is 2. The zero-order chi connectivity index (χ0) is 22.9. The summed E-state index contributed by atoms with van der Waals surface area (Å²) in [5.41, 5.74) is 0.649. The number of benzene rings is 2. The molecule has 2 heterocycles. The van der Waals surface area contributed by atoms with Crippen molar-refractivity contribution in [1.29, 1.82) is 0 Å². The highest BCUT2D eigenvalue weighted by atomic mass is 35.5. The van der Waals surface area contributed by atoms with Crippen molar-refractivity contribution in [2.45, 2.75) is 19.1 Å². The number of nitrogens with zero attached hydrogens (tertiary/aromatic N) is 3. The van der Waals surface area contributed by atoms with E-state index in [1.54, 1.807) is 21.9 Å². The minimum atomic E-state index is -4.39. The van der Waals surface area contributed by atoms with Crippen molar-refractivity contribution >= 4 is 29.1 Å². The van der Waals surface area contributed by atoms with Crippen LogP contribution in [0.4, 0.5) is 18.9 Å². The van der Waals surface area contributed by atoms with Crippen molar-refractivity contribution in [3.05, 3.63) is 64.7 Å². The average molecular weight is 466 g/mol. The molecular formula is C23H23ClF3N3O2. The number of carbonyl (C=O) groups is 2. The Hall–Kier alpha value is -2.74. The zero-order valence-electron chi connectivity index (χ0n) is 17.3.